The maximum absolute atomic E-state index is 5.95. The van der Waals surface area contributed by atoms with Gasteiger partial charge in [0.25, 0.3) is 0 Å². The minimum Gasteiger partial charge on any atom is -0.357 e. The smallest absolute Gasteiger partial charge is 0.194 e. The molecule has 22 heavy (non-hydrogen) atoms. The summed E-state index contributed by atoms with van der Waals surface area (Å²) in [5.41, 5.74) is 1.08. The molecule has 0 aliphatic heterocycles. The molecule has 0 aromatic carbocycles. The Balaban J connectivity index is 1.93. The number of rotatable bonds is 6. The maximum atomic E-state index is 5.95. The third-order valence-electron chi connectivity index (χ3n) is 3.01. The summed E-state index contributed by atoms with van der Waals surface area (Å²) >= 11 is 9.25. The zero-order valence-corrected chi connectivity index (χ0v) is 15.5. The van der Waals surface area contributed by atoms with Gasteiger partial charge in [-0.05, 0) is 26.0 Å². The largest absolute Gasteiger partial charge is 0.357 e. The SMILES string of the molecule is CCNC(=NCCc1ccc(Cl)s1)N(C)Cc1csc(C)n1. The molecule has 0 saturated heterocycles. The van der Waals surface area contributed by atoms with Gasteiger partial charge in [-0.25, -0.2) is 4.98 Å². The van der Waals surface area contributed by atoms with E-state index < -0.39 is 0 Å². The van der Waals surface area contributed by atoms with Crippen LogP contribution in [0.5, 0.6) is 0 Å². The van der Waals surface area contributed by atoms with Crippen LogP contribution in [0.3, 0.4) is 0 Å². The summed E-state index contributed by atoms with van der Waals surface area (Å²) in [7, 11) is 2.04. The Labute approximate surface area is 144 Å². The lowest BCUT2D eigenvalue weighted by Gasteiger charge is -2.21. The predicted molar refractivity (Wildman–Crippen MR) is 97.3 cm³/mol. The van der Waals surface area contributed by atoms with E-state index in [9.17, 15) is 0 Å². The van der Waals surface area contributed by atoms with Crippen molar-refractivity contribution in [3.05, 3.63) is 37.4 Å². The summed E-state index contributed by atoms with van der Waals surface area (Å²) in [6.45, 7) is 6.47. The molecule has 1 N–H and O–H groups in total. The van der Waals surface area contributed by atoms with Crippen LogP contribution in [-0.4, -0.2) is 36.0 Å². The highest BCUT2D eigenvalue weighted by molar-refractivity contribution is 7.16. The number of aliphatic imine (C=N–C) groups is 1. The monoisotopic (exact) mass is 356 g/mol. The van der Waals surface area contributed by atoms with E-state index in [4.69, 9.17) is 16.6 Å². The molecule has 0 unspecified atom stereocenters. The summed E-state index contributed by atoms with van der Waals surface area (Å²) in [5, 5.41) is 6.53. The van der Waals surface area contributed by atoms with E-state index in [1.165, 1.54) is 4.88 Å². The van der Waals surface area contributed by atoms with Crippen LogP contribution in [0, 0.1) is 6.92 Å². The lowest BCUT2D eigenvalue weighted by molar-refractivity contribution is 0.471. The Morgan fingerprint density at radius 2 is 2.27 bits per heavy atom. The summed E-state index contributed by atoms with van der Waals surface area (Å²) < 4.78 is 0.835. The van der Waals surface area contributed by atoms with Crippen LogP contribution in [0.2, 0.25) is 4.34 Å². The number of hydrogen-bond donors (Lipinski definition) is 1. The Morgan fingerprint density at radius 3 is 2.86 bits per heavy atom. The van der Waals surface area contributed by atoms with Crippen LogP contribution < -0.4 is 5.32 Å². The fourth-order valence-electron chi connectivity index (χ4n) is 2.03. The standard InChI is InChI=1S/C15H21ClN4S2/c1-4-17-15(18-8-7-13-5-6-14(16)22-13)20(3)9-12-10-21-11(2)19-12/h5-6,10H,4,7-9H2,1-3H3,(H,17,18). The molecule has 4 nitrogen and oxygen atoms in total. The van der Waals surface area contributed by atoms with Gasteiger partial charge in [0.1, 0.15) is 0 Å². The molecule has 2 aromatic heterocycles. The number of aryl methyl sites for hydroxylation is 1. The molecular formula is C15H21ClN4S2. The molecule has 0 aliphatic rings. The quantitative estimate of drug-likeness (QED) is 0.632. The van der Waals surface area contributed by atoms with Gasteiger partial charge in [0, 0.05) is 36.8 Å². The molecule has 0 aliphatic carbocycles. The van der Waals surface area contributed by atoms with Crippen LogP contribution in [0.15, 0.2) is 22.5 Å². The van der Waals surface area contributed by atoms with Crippen LogP contribution in [-0.2, 0) is 13.0 Å². The average Bonchev–Trinajstić information content (AvgIpc) is 3.06. The van der Waals surface area contributed by atoms with Gasteiger partial charge >= 0.3 is 0 Å². The highest BCUT2D eigenvalue weighted by atomic mass is 35.5. The van der Waals surface area contributed by atoms with Crippen LogP contribution in [0.4, 0.5) is 0 Å². The zero-order chi connectivity index (χ0) is 15.9. The Bertz CT molecular complexity index is 621. The van der Waals surface area contributed by atoms with Gasteiger partial charge in [0.2, 0.25) is 0 Å². The van der Waals surface area contributed by atoms with Crippen molar-refractivity contribution < 1.29 is 0 Å². The molecule has 0 radical (unpaired) electrons. The molecule has 120 valence electrons. The first kappa shape index (κ1) is 17.2. The summed E-state index contributed by atoms with van der Waals surface area (Å²) in [6, 6.07) is 4.00. The van der Waals surface area contributed by atoms with E-state index in [0.717, 1.165) is 47.1 Å². The molecule has 2 heterocycles. The first-order valence-electron chi connectivity index (χ1n) is 7.23. The lowest BCUT2D eigenvalue weighted by Crippen LogP contribution is -2.38. The Hall–Kier alpha value is -1.11. The zero-order valence-electron chi connectivity index (χ0n) is 13.1. The normalized spacial score (nSPS) is 11.7. The van der Waals surface area contributed by atoms with Gasteiger partial charge in [0.05, 0.1) is 21.6 Å². The van der Waals surface area contributed by atoms with Crippen molar-refractivity contribution in [1.29, 1.82) is 0 Å². The van der Waals surface area contributed by atoms with Gasteiger partial charge in [-0.1, -0.05) is 11.6 Å². The molecule has 0 atom stereocenters. The van der Waals surface area contributed by atoms with Crippen molar-refractivity contribution in [3.63, 3.8) is 0 Å². The van der Waals surface area contributed by atoms with Gasteiger partial charge in [-0.2, -0.15) is 0 Å². The Morgan fingerprint density at radius 1 is 1.45 bits per heavy atom. The van der Waals surface area contributed by atoms with E-state index in [1.54, 1.807) is 22.7 Å². The number of thiophene rings is 1. The van der Waals surface area contributed by atoms with E-state index in [0.29, 0.717) is 0 Å². The maximum Gasteiger partial charge on any atom is 0.194 e. The van der Waals surface area contributed by atoms with Crippen molar-refractivity contribution in [2.75, 3.05) is 20.1 Å². The second kappa shape index (κ2) is 8.50. The molecule has 7 heteroatoms. The van der Waals surface area contributed by atoms with Crippen molar-refractivity contribution in [2.24, 2.45) is 4.99 Å². The van der Waals surface area contributed by atoms with Crippen molar-refractivity contribution >= 4 is 40.2 Å². The molecule has 0 bridgehead atoms. The van der Waals surface area contributed by atoms with E-state index in [2.05, 4.69) is 33.6 Å². The number of thiazole rings is 1. The molecule has 2 aromatic rings. The second-order valence-corrected chi connectivity index (χ2v) is 7.77. The van der Waals surface area contributed by atoms with Crippen molar-refractivity contribution in [3.8, 4) is 0 Å². The number of aromatic nitrogens is 1. The lowest BCUT2D eigenvalue weighted by atomic mass is 10.3. The molecular weight excluding hydrogens is 336 g/mol. The van der Waals surface area contributed by atoms with Crippen molar-refractivity contribution in [1.82, 2.24) is 15.2 Å². The predicted octanol–water partition coefficient (Wildman–Crippen LogP) is 3.81. The third kappa shape index (κ3) is 5.26. The topological polar surface area (TPSA) is 40.5 Å². The molecule has 0 spiro atoms. The summed E-state index contributed by atoms with van der Waals surface area (Å²) in [6.07, 6.45) is 0.913. The number of nitrogens with one attached hydrogen (secondary N) is 1. The summed E-state index contributed by atoms with van der Waals surface area (Å²) in [4.78, 5) is 12.6. The summed E-state index contributed by atoms with van der Waals surface area (Å²) in [5.74, 6) is 0.913. The molecule has 0 fully saturated rings. The van der Waals surface area contributed by atoms with Gasteiger partial charge in [-0.3, -0.25) is 4.99 Å². The van der Waals surface area contributed by atoms with Crippen molar-refractivity contribution in [2.45, 2.75) is 26.8 Å². The average molecular weight is 357 g/mol. The highest BCUT2D eigenvalue weighted by Crippen LogP contribution is 2.21. The second-order valence-electron chi connectivity index (χ2n) is 4.91. The van der Waals surface area contributed by atoms with E-state index >= 15 is 0 Å². The van der Waals surface area contributed by atoms with E-state index in [-0.39, 0.29) is 0 Å². The van der Waals surface area contributed by atoms with Crippen LogP contribution >= 0.6 is 34.3 Å². The molecule has 2 rings (SSSR count). The van der Waals surface area contributed by atoms with Gasteiger partial charge in [-0.15, -0.1) is 22.7 Å². The number of halogens is 1. The first-order chi connectivity index (χ1) is 10.6. The van der Waals surface area contributed by atoms with E-state index in [1.807, 2.05) is 20.0 Å². The third-order valence-corrected chi connectivity index (χ3v) is 5.12. The fraction of sp³-hybridized carbons (Fsp3) is 0.467. The molecule has 0 saturated carbocycles. The number of nitrogens with zero attached hydrogens (tertiary/aromatic N) is 3. The molecule has 0 amide bonds. The number of hydrogen-bond acceptors (Lipinski definition) is 4. The van der Waals surface area contributed by atoms with Crippen LogP contribution in [0.25, 0.3) is 0 Å². The minimum absolute atomic E-state index is 0.750. The first-order valence-corrected chi connectivity index (χ1v) is 9.30. The van der Waals surface area contributed by atoms with Gasteiger partial charge in [0.15, 0.2) is 5.96 Å². The highest BCUT2D eigenvalue weighted by Gasteiger charge is 2.08. The minimum atomic E-state index is 0.750. The van der Waals surface area contributed by atoms with Gasteiger partial charge < -0.3 is 10.2 Å². The fourth-order valence-corrected chi connectivity index (χ4v) is 3.71. The Kier molecular flexibility index (Phi) is 6.67. The van der Waals surface area contributed by atoms with Crippen LogP contribution in [0.1, 0.15) is 22.5 Å². The number of guanidine groups is 1.